The summed E-state index contributed by atoms with van der Waals surface area (Å²) in [7, 11) is 0. The average Bonchev–Trinajstić information content (AvgIpc) is 3.16. The standard InChI is InChI=1S/C21H21N3O2/c1-2-26-20-11-8-17(9-12-20)10-13-21(25)22-14-18-15-23-24(16-18)19-6-4-3-5-7-19/h3-13,15-16H,2,14H2,1H3,(H,22,25)/b13-10+. The molecule has 0 aliphatic heterocycles. The molecule has 0 radical (unpaired) electrons. The topological polar surface area (TPSA) is 56.1 Å². The first-order valence-corrected chi connectivity index (χ1v) is 8.52. The van der Waals surface area contributed by atoms with Gasteiger partial charge < -0.3 is 10.1 Å². The van der Waals surface area contributed by atoms with Crippen LogP contribution in [0.25, 0.3) is 11.8 Å². The first-order valence-electron chi connectivity index (χ1n) is 8.52. The van der Waals surface area contributed by atoms with Gasteiger partial charge in [0.05, 0.1) is 18.5 Å². The Morgan fingerprint density at radius 3 is 2.65 bits per heavy atom. The molecule has 0 spiro atoms. The molecule has 1 aromatic heterocycles. The number of para-hydroxylation sites is 1. The Bertz CT molecular complexity index is 868. The summed E-state index contributed by atoms with van der Waals surface area (Å²) in [4.78, 5) is 12.0. The minimum Gasteiger partial charge on any atom is -0.494 e. The van der Waals surface area contributed by atoms with Gasteiger partial charge in [0.1, 0.15) is 5.75 Å². The number of carbonyl (C=O) groups is 1. The minimum atomic E-state index is -0.147. The zero-order valence-corrected chi connectivity index (χ0v) is 14.6. The Morgan fingerprint density at radius 1 is 1.15 bits per heavy atom. The van der Waals surface area contributed by atoms with Crippen molar-refractivity contribution in [1.29, 1.82) is 0 Å². The van der Waals surface area contributed by atoms with Crippen LogP contribution in [-0.4, -0.2) is 22.3 Å². The number of nitrogens with one attached hydrogen (secondary N) is 1. The van der Waals surface area contributed by atoms with E-state index in [0.717, 1.165) is 22.6 Å². The second-order valence-corrected chi connectivity index (χ2v) is 5.68. The van der Waals surface area contributed by atoms with E-state index in [1.165, 1.54) is 6.08 Å². The number of ether oxygens (including phenoxy) is 1. The molecule has 0 fully saturated rings. The second-order valence-electron chi connectivity index (χ2n) is 5.68. The molecule has 0 aliphatic rings. The van der Waals surface area contributed by atoms with Gasteiger partial charge in [-0.15, -0.1) is 0 Å². The lowest BCUT2D eigenvalue weighted by Crippen LogP contribution is -2.19. The quantitative estimate of drug-likeness (QED) is 0.665. The third-order valence-corrected chi connectivity index (χ3v) is 3.74. The molecule has 1 heterocycles. The van der Waals surface area contributed by atoms with Gasteiger partial charge in [0, 0.05) is 24.4 Å². The van der Waals surface area contributed by atoms with Crippen molar-refractivity contribution in [3.8, 4) is 11.4 Å². The van der Waals surface area contributed by atoms with Gasteiger partial charge in [0.25, 0.3) is 0 Å². The van der Waals surface area contributed by atoms with E-state index in [0.29, 0.717) is 13.2 Å². The molecule has 132 valence electrons. The van der Waals surface area contributed by atoms with E-state index < -0.39 is 0 Å². The molecule has 5 heteroatoms. The summed E-state index contributed by atoms with van der Waals surface area (Å²) in [5.74, 6) is 0.677. The molecule has 0 bridgehead atoms. The second kappa shape index (κ2) is 8.67. The van der Waals surface area contributed by atoms with Crippen LogP contribution in [0.5, 0.6) is 5.75 Å². The SMILES string of the molecule is CCOc1ccc(/C=C/C(=O)NCc2cnn(-c3ccccc3)c2)cc1. The maximum atomic E-state index is 12.0. The van der Waals surface area contributed by atoms with Gasteiger partial charge in [-0.3, -0.25) is 4.79 Å². The van der Waals surface area contributed by atoms with Crippen LogP contribution < -0.4 is 10.1 Å². The minimum absolute atomic E-state index is 0.147. The van der Waals surface area contributed by atoms with Gasteiger partial charge in [-0.25, -0.2) is 4.68 Å². The highest BCUT2D eigenvalue weighted by Crippen LogP contribution is 2.13. The third kappa shape index (κ3) is 4.83. The van der Waals surface area contributed by atoms with Gasteiger partial charge in [-0.1, -0.05) is 30.3 Å². The number of benzene rings is 2. The summed E-state index contributed by atoms with van der Waals surface area (Å²) < 4.78 is 7.19. The van der Waals surface area contributed by atoms with E-state index in [1.807, 2.05) is 67.7 Å². The summed E-state index contributed by atoms with van der Waals surface area (Å²) in [6.07, 6.45) is 6.96. The highest BCUT2D eigenvalue weighted by atomic mass is 16.5. The Morgan fingerprint density at radius 2 is 1.92 bits per heavy atom. The molecule has 1 amide bonds. The summed E-state index contributed by atoms with van der Waals surface area (Å²) >= 11 is 0. The van der Waals surface area contributed by atoms with Gasteiger partial charge in [-0.2, -0.15) is 5.10 Å². The summed E-state index contributed by atoms with van der Waals surface area (Å²) in [5, 5.41) is 7.18. The number of carbonyl (C=O) groups excluding carboxylic acids is 1. The van der Waals surface area contributed by atoms with Crippen molar-refractivity contribution < 1.29 is 9.53 Å². The number of nitrogens with zero attached hydrogens (tertiary/aromatic N) is 2. The Balaban J connectivity index is 1.52. The molecule has 0 unspecified atom stereocenters. The smallest absolute Gasteiger partial charge is 0.244 e. The first-order chi connectivity index (χ1) is 12.7. The molecule has 1 N–H and O–H groups in total. The van der Waals surface area contributed by atoms with Gasteiger partial charge in [0.2, 0.25) is 5.91 Å². The lowest BCUT2D eigenvalue weighted by molar-refractivity contribution is -0.116. The van der Waals surface area contributed by atoms with Gasteiger partial charge in [0.15, 0.2) is 0 Å². The first kappa shape index (κ1) is 17.5. The van der Waals surface area contributed by atoms with E-state index >= 15 is 0 Å². The van der Waals surface area contributed by atoms with E-state index in [-0.39, 0.29) is 5.91 Å². The number of hydrogen-bond donors (Lipinski definition) is 1. The van der Waals surface area contributed by atoms with Crippen LogP contribution in [0.3, 0.4) is 0 Å². The highest BCUT2D eigenvalue weighted by Gasteiger charge is 2.02. The Hall–Kier alpha value is -3.34. The Labute approximate surface area is 152 Å². The van der Waals surface area contributed by atoms with Crippen LogP contribution in [0.2, 0.25) is 0 Å². The van der Waals surface area contributed by atoms with Crippen LogP contribution in [0, 0.1) is 0 Å². The van der Waals surface area contributed by atoms with Crippen molar-refractivity contribution in [2.45, 2.75) is 13.5 Å². The van der Waals surface area contributed by atoms with Crippen molar-refractivity contribution in [2.24, 2.45) is 0 Å². The zero-order valence-electron chi connectivity index (χ0n) is 14.6. The lowest BCUT2D eigenvalue weighted by Gasteiger charge is -2.02. The average molecular weight is 347 g/mol. The van der Waals surface area contributed by atoms with E-state index in [2.05, 4.69) is 10.4 Å². The zero-order chi connectivity index (χ0) is 18.2. The monoisotopic (exact) mass is 347 g/mol. The van der Waals surface area contributed by atoms with E-state index in [9.17, 15) is 4.79 Å². The molecule has 3 aromatic rings. The predicted molar refractivity (Wildman–Crippen MR) is 102 cm³/mol. The molecule has 2 aromatic carbocycles. The number of hydrogen-bond acceptors (Lipinski definition) is 3. The molecular weight excluding hydrogens is 326 g/mol. The van der Waals surface area contributed by atoms with Crippen molar-refractivity contribution in [3.05, 3.63) is 84.2 Å². The van der Waals surface area contributed by atoms with Crippen LogP contribution in [0.1, 0.15) is 18.1 Å². The van der Waals surface area contributed by atoms with Crippen molar-refractivity contribution in [3.63, 3.8) is 0 Å². The fourth-order valence-electron chi connectivity index (χ4n) is 2.44. The molecule has 3 rings (SSSR count). The molecule has 26 heavy (non-hydrogen) atoms. The van der Waals surface area contributed by atoms with Crippen LogP contribution in [0.4, 0.5) is 0 Å². The molecule has 0 saturated heterocycles. The van der Waals surface area contributed by atoms with E-state index in [1.54, 1.807) is 17.0 Å². The maximum Gasteiger partial charge on any atom is 0.244 e. The Kier molecular flexibility index (Phi) is 5.83. The van der Waals surface area contributed by atoms with E-state index in [4.69, 9.17) is 4.74 Å². The van der Waals surface area contributed by atoms with Gasteiger partial charge in [-0.05, 0) is 42.8 Å². The van der Waals surface area contributed by atoms with Crippen LogP contribution in [-0.2, 0) is 11.3 Å². The molecular formula is C21H21N3O2. The molecule has 0 aliphatic carbocycles. The largest absolute Gasteiger partial charge is 0.494 e. The van der Waals surface area contributed by atoms with Crippen molar-refractivity contribution >= 4 is 12.0 Å². The van der Waals surface area contributed by atoms with Crippen LogP contribution in [0.15, 0.2) is 73.1 Å². The van der Waals surface area contributed by atoms with Crippen molar-refractivity contribution in [2.75, 3.05) is 6.61 Å². The molecule has 0 saturated carbocycles. The predicted octanol–water partition coefficient (Wildman–Crippen LogP) is 3.60. The molecule has 5 nitrogen and oxygen atoms in total. The normalized spacial score (nSPS) is 10.8. The fraction of sp³-hybridized carbons (Fsp3) is 0.143. The summed E-state index contributed by atoms with van der Waals surface area (Å²) in [6.45, 7) is 3.01. The summed E-state index contributed by atoms with van der Waals surface area (Å²) in [6, 6.07) is 17.5. The fourth-order valence-corrected chi connectivity index (χ4v) is 2.44. The number of amides is 1. The van der Waals surface area contributed by atoms with Crippen LogP contribution >= 0.6 is 0 Å². The van der Waals surface area contributed by atoms with Gasteiger partial charge >= 0.3 is 0 Å². The lowest BCUT2D eigenvalue weighted by atomic mass is 10.2. The molecule has 0 atom stereocenters. The number of rotatable bonds is 7. The third-order valence-electron chi connectivity index (χ3n) is 3.74. The van der Waals surface area contributed by atoms with Crippen molar-refractivity contribution in [1.82, 2.24) is 15.1 Å². The summed E-state index contributed by atoms with van der Waals surface area (Å²) in [5.41, 5.74) is 2.87. The number of aromatic nitrogens is 2. The maximum absolute atomic E-state index is 12.0. The highest BCUT2D eigenvalue weighted by molar-refractivity contribution is 5.91.